The molecule has 1 aliphatic rings. The van der Waals surface area contributed by atoms with Gasteiger partial charge in [0, 0.05) is 10.3 Å². The van der Waals surface area contributed by atoms with Crippen LogP contribution < -0.4 is 0 Å². The molecule has 1 aromatic carbocycles. The van der Waals surface area contributed by atoms with Crippen LogP contribution in [-0.4, -0.2) is 5.97 Å². The van der Waals surface area contributed by atoms with E-state index in [9.17, 15) is 4.79 Å². The zero-order valence-electron chi connectivity index (χ0n) is 8.26. The lowest BCUT2D eigenvalue weighted by Crippen LogP contribution is -2.00. The summed E-state index contributed by atoms with van der Waals surface area (Å²) in [5.74, 6) is 0.0660. The Hall–Kier alpha value is -1.22. The van der Waals surface area contributed by atoms with Gasteiger partial charge in [-0.15, -0.1) is 0 Å². The molecule has 15 heavy (non-hydrogen) atoms. The summed E-state index contributed by atoms with van der Waals surface area (Å²) in [6.07, 6.45) is 3.44. The standard InChI is InChI=1S/C12H12O2S/c13-12(10-6-7-10)14-8-9-15-11-4-2-1-3-5-11/h1-5,8-10H,6-7H2. The second-order valence-electron chi connectivity index (χ2n) is 3.41. The minimum absolute atomic E-state index is 0.0973. The molecule has 78 valence electrons. The van der Waals surface area contributed by atoms with Crippen molar-refractivity contribution in [1.82, 2.24) is 0 Å². The fourth-order valence-corrected chi connectivity index (χ4v) is 1.70. The number of hydrogen-bond acceptors (Lipinski definition) is 3. The largest absolute Gasteiger partial charge is 0.434 e. The molecule has 0 radical (unpaired) electrons. The highest BCUT2D eigenvalue weighted by atomic mass is 32.2. The van der Waals surface area contributed by atoms with Gasteiger partial charge in [-0.05, 0) is 25.0 Å². The molecule has 0 amide bonds. The van der Waals surface area contributed by atoms with Crippen molar-refractivity contribution in [3.63, 3.8) is 0 Å². The number of carbonyl (C=O) groups excluding carboxylic acids is 1. The quantitative estimate of drug-likeness (QED) is 0.443. The topological polar surface area (TPSA) is 26.3 Å². The van der Waals surface area contributed by atoms with Crippen molar-refractivity contribution in [2.45, 2.75) is 17.7 Å². The van der Waals surface area contributed by atoms with Gasteiger partial charge in [-0.25, -0.2) is 0 Å². The van der Waals surface area contributed by atoms with Crippen LogP contribution >= 0.6 is 11.8 Å². The molecule has 0 heterocycles. The van der Waals surface area contributed by atoms with Gasteiger partial charge in [0.1, 0.15) is 6.26 Å². The molecule has 1 saturated carbocycles. The maximum absolute atomic E-state index is 11.1. The molecule has 2 rings (SSSR count). The summed E-state index contributed by atoms with van der Waals surface area (Å²) in [5.41, 5.74) is 0. The predicted octanol–water partition coefficient (Wildman–Crippen LogP) is 3.20. The van der Waals surface area contributed by atoms with Crippen molar-refractivity contribution in [3.8, 4) is 0 Å². The van der Waals surface area contributed by atoms with Gasteiger partial charge in [0.25, 0.3) is 0 Å². The molecule has 1 fully saturated rings. The van der Waals surface area contributed by atoms with Crippen LogP contribution in [0.15, 0.2) is 46.9 Å². The van der Waals surface area contributed by atoms with E-state index in [1.807, 2.05) is 30.3 Å². The molecular formula is C12H12O2S. The van der Waals surface area contributed by atoms with Crippen LogP contribution in [0.25, 0.3) is 0 Å². The van der Waals surface area contributed by atoms with Gasteiger partial charge >= 0.3 is 5.97 Å². The highest BCUT2D eigenvalue weighted by Gasteiger charge is 2.30. The van der Waals surface area contributed by atoms with Crippen LogP contribution in [0.5, 0.6) is 0 Å². The summed E-state index contributed by atoms with van der Waals surface area (Å²) in [5, 5.41) is 1.79. The van der Waals surface area contributed by atoms with Crippen molar-refractivity contribution in [3.05, 3.63) is 42.0 Å². The first-order chi connectivity index (χ1) is 7.36. The molecule has 3 heteroatoms. The summed E-state index contributed by atoms with van der Waals surface area (Å²) in [4.78, 5) is 12.3. The van der Waals surface area contributed by atoms with Crippen LogP contribution in [-0.2, 0) is 9.53 Å². The van der Waals surface area contributed by atoms with E-state index in [1.165, 1.54) is 18.0 Å². The molecule has 0 spiro atoms. The van der Waals surface area contributed by atoms with Crippen LogP contribution in [0.4, 0.5) is 0 Å². The van der Waals surface area contributed by atoms with Crippen molar-refractivity contribution in [2.75, 3.05) is 0 Å². The van der Waals surface area contributed by atoms with Gasteiger partial charge in [0.2, 0.25) is 0 Å². The number of esters is 1. The van der Waals surface area contributed by atoms with Gasteiger partial charge in [0.05, 0.1) is 5.92 Å². The third kappa shape index (κ3) is 3.44. The number of benzene rings is 1. The van der Waals surface area contributed by atoms with Crippen molar-refractivity contribution in [1.29, 1.82) is 0 Å². The second kappa shape index (κ2) is 5.03. The summed E-state index contributed by atoms with van der Waals surface area (Å²) < 4.78 is 4.95. The lowest BCUT2D eigenvalue weighted by atomic mass is 10.4. The highest BCUT2D eigenvalue weighted by Crippen LogP contribution is 2.30. The lowest BCUT2D eigenvalue weighted by Gasteiger charge is -1.96. The Kier molecular flexibility index (Phi) is 3.45. The molecule has 1 aromatic rings. The molecular weight excluding hydrogens is 208 g/mol. The van der Waals surface area contributed by atoms with Crippen molar-refractivity contribution < 1.29 is 9.53 Å². The number of ether oxygens (including phenoxy) is 1. The molecule has 2 nitrogen and oxygen atoms in total. The number of rotatable bonds is 4. The maximum atomic E-state index is 11.1. The summed E-state index contributed by atoms with van der Waals surface area (Å²) >= 11 is 1.54. The molecule has 0 aromatic heterocycles. The molecule has 0 bridgehead atoms. The molecule has 0 aliphatic heterocycles. The van der Waals surface area contributed by atoms with Crippen LogP contribution in [0, 0.1) is 5.92 Å². The average molecular weight is 220 g/mol. The second-order valence-corrected chi connectivity index (χ2v) is 4.39. The summed E-state index contributed by atoms with van der Waals surface area (Å²) in [6, 6.07) is 9.95. The Morgan fingerprint density at radius 2 is 2.07 bits per heavy atom. The third-order valence-corrected chi connectivity index (χ3v) is 2.89. The summed E-state index contributed by atoms with van der Waals surface area (Å²) in [6.45, 7) is 0. The van der Waals surface area contributed by atoms with Gasteiger partial charge in [-0.2, -0.15) is 0 Å². The Morgan fingerprint density at radius 3 is 2.73 bits per heavy atom. The van der Waals surface area contributed by atoms with Crippen LogP contribution in [0.3, 0.4) is 0 Å². The Labute approximate surface area is 93.3 Å². The fourth-order valence-electron chi connectivity index (χ4n) is 1.12. The van der Waals surface area contributed by atoms with E-state index in [-0.39, 0.29) is 11.9 Å². The zero-order valence-corrected chi connectivity index (χ0v) is 9.07. The van der Waals surface area contributed by atoms with E-state index in [0.29, 0.717) is 0 Å². The fraction of sp³-hybridized carbons (Fsp3) is 0.250. The van der Waals surface area contributed by atoms with E-state index in [0.717, 1.165) is 17.7 Å². The molecule has 0 saturated heterocycles. The summed E-state index contributed by atoms with van der Waals surface area (Å²) in [7, 11) is 0. The smallest absolute Gasteiger partial charge is 0.313 e. The first-order valence-electron chi connectivity index (χ1n) is 4.93. The molecule has 0 unspecified atom stereocenters. The first kappa shape index (κ1) is 10.3. The third-order valence-electron chi connectivity index (χ3n) is 2.10. The van der Waals surface area contributed by atoms with Crippen LogP contribution in [0.1, 0.15) is 12.8 Å². The Morgan fingerprint density at radius 1 is 1.33 bits per heavy atom. The van der Waals surface area contributed by atoms with Gasteiger partial charge in [-0.1, -0.05) is 30.0 Å². The zero-order chi connectivity index (χ0) is 10.5. The highest BCUT2D eigenvalue weighted by molar-refractivity contribution is 8.02. The number of carbonyl (C=O) groups is 1. The SMILES string of the molecule is O=C(OC=CSc1ccccc1)C1CC1. The minimum Gasteiger partial charge on any atom is -0.434 e. The Bertz CT molecular complexity index is 355. The lowest BCUT2D eigenvalue weighted by molar-refractivity contribution is -0.139. The average Bonchev–Trinajstić information content (AvgIpc) is 3.09. The minimum atomic E-state index is -0.0973. The van der Waals surface area contributed by atoms with E-state index in [1.54, 1.807) is 5.41 Å². The normalized spacial score (nSPS) is 15.5. The van der Waals surface area contributed by atoms with Gasteiger partial charge in [0.15, 0.2) is 0 Å². The maximum Gasteiger partial charge on any atom is 0.313 e. The monoisotopic (exact) mass is 220 g/mol. The van der Waals surface area contributed by atoms with Gasteiger partial charge < -0.3 is 4.74 Å². The van der Waals surface area contributed by atoms with E-state index < -0.39 is 0 Å². The van der Waals surface area contributed by atoms with E-state index >= 15 is 0 Å². The van der Waals surface area contributed by atoms with E-state index in [4.69, 9.17) is 4.74 Å². The molecule has 0 N–H and O–H groups in total. The number of hydrogen-bond donors (Lipinski definition) is 0. The van der Waals surface area contributed by atoms with E-state index in [2.05, 4.69) is 0 Å². The van der Waals surface area contributed by atoms with Crippen molar-refractivity contribution in [2.24, 2.45) is 5.92 Å². The van der Waals surface area contributed by atoms with Crippen LogP contribution in [0.2, 0.25) is 0 Å². The number of thioether (sulfide) groups is 1. The Balaban J connectivity index is 1.73. The molecule has 0 atom stereocenters. The van der Waals surface area contributed by atoms with Crippen molar-refractivity contribution >= 4 is 17.7 Å². The molecule has 1 aliphatic carbocycles. The van der Waals surface area contributed by atoms with Gasteiger partial charge in [-0.3, -0.25) is 4.79 Å². The predicted molar refractivity (Wildman–Crippen MR) is 60.3 cm³/mol. The first-order valence-corrected chi connectivity index (χ1v) is 5.81.